The molecule has 1 aliphatic carbocycles. The molecule has 1 heterocycles. The zero-order chi connectivity index (χ0) is 20.5. The predicted molar refractivity (Wildman–Crippen MR) is 109 cm³/mol. The number of hydrogen-bond acceptors (Lipinski definition) is 6. The lowest BCUT2D eigenvalue weighted by molar-refractivity contribution is -0.138. The molecule has 0 bridgehead atoms. The quantitative estimate of drug-likeness (QED) is 0.455. The highest BCUT2D eigenvalue weighted by molar-refractivity contribution is 5.89. The summed E-state index contributed by atoms with van der Waals surface area (Å²) in [6.45, 7) is 9.18. The van der Waals surface area contributed by atoms with Crippen molar-refractivity contribution in [2.24, 2.45) is 11.7 Å². The molecule has 2 rings (SSSR count). The van der Waals surface area contributed by atoms with E-state index in [1.54, 1.807) is 6.92 Å². The SMILES string of the molecule is CCCCOC[C@H]1CCCN([C@@H]2C=C(C(=O)OCC)C[C@H](N)[C@@H]2NC(C)=O)C1. The summed E-state index contributed by atoms with van der Waals surface area (Å²) in [6.07, 6.45) is 6.81. The van der Waals surface area contributed by atoms with E-state index in [0.29, 0.717) is 24.5 Å². The van der Waals surface area contributed by atoms with E-state index in [2.05, 4.69) is 17.1 Å². The second-order valence-electron chi connectivity index (χ2n) is 7.93. The number of nitrogens with zero attached hydrogens (tertiary/aromatic N) is 1. The fraction of sp³-hybridized carbons (Fsp3) is 0.810. The lowest BCUT2D eigenvalue weighted by atomic mass is 9.84. The van der Waals surface area contributed by atoms with Gasteiger partial charge in [0.15, 0.2) is 0 Å². The Labute approximate surface area is 169 Å². The first kappa shape index (κ1) is 22.8. The molecule has 160 valence electrons. The fourth-order valence-corrected chi connectivity index (χ4v) is 4.15. The van der Waals surface area contributed by atoms with Crippen LogP contribution in [0.4, 0.5) is 0 Å². The van der Waals surface area contributed by atoms with E-state index < -0.39 is 0 Å². The molecular weight excluding hydrogens is 358 g/mol. The molecule has 3 N–H and O–H groups in total. The van der Waals surface area contributed by atoms with Gasteiger partial charge < -0.3 is 20.5 Å². The Morgan fingerprint density at radius 1 is 1.36 bits per heavy atom. The number of piperidine rings is 1. The Morgan fingerprint density at radius 3 is 2.82 bits per heavy atom. The van der Waals surface area contributed by atoms with Crippen molar-refractivity contribution in [2.75, 3.05) is 32.9 Å². The van der Waals surface area contributed by atoms with Crippen LogP contribution in [0.2, 0.25) is 0 Å². The molecule has 0 saturated carbocycles. The molecule has 7 nitrogen and oxygen atoms in total. The van der Waals surface area contributed by atoms with Crippen LogP contribution in [0.15, 0.2) is 11.6 Å². The van der Waals surface area contributed by atoms with Crippen LogP contribution in [-0.2, 0) is 19.1 Å². The molecule has 2 aliphatic rings. The molecule has 0 aromatic rings. The van der Waals surface area contributed by atoms with E-state index in [9.17, 15) is 9.59 Å². The molecule has 1 amide bonds. The summed E-state index contributed by atoms with van der Waals surface area (Å²) in [6, 6.07) is -0.638. The number of likely N-dealkylation sites (tertiary alicyclic amines) is 1. The average Bonchev–Trinajstić information content (AvgIpc) is 2.67. The number of esters is 1. The van der Waals surface area contributed by atoms with Crippen molar-refractivity contribution in [3.63, 3.8) is 0 Å². The smallest absolute Gasteiger partial charge is 0.333 e. The Balaban J connectivity index is 2.11. The molecule has 0 radical (unpaired) electrons. The number of amides is 1. The number of carbonyl (C=O) groups excluding carboxylic acids is 2. The average molecular weight is 396 g/mol. The minimum Gasteiger partial charge on any atom is -0.463 e. The van der Waals surface area contributed by atoms with Crippen LogP contribution in [-0.4, -0.2) is 67.8 Å². The third kappa shape index (κ3) is 6.57. The van der Waals surface area contributed by atoms with Gasteiger partial charge in [0.1, 0.15) is 0 Å². The second kappa shape index (κ2) is 11.5. The minimum absolute atomic E-state index is 0.102. The van der Waals surface area contributed by atoms with Crippen LogP contribution in [0.5, 0.6) is 0 Å². The summed E-state index contributed by atoms with van der Waals surface area (Å²) in [5.74, 6) is 0.0526. The van der Waals surface area contributed by atoms with Crippen LogP contribution in [0.1, 0.15) is 52.9 Å². The topological polar surface area (TPSA) is 93.9 Å². The van der Waals surface area contributed by atoms with Crippen molar-refractivity contribution in [3.8, 4) is 0 Å². The van der Waals surface area contributed by atoms with Gasteiger partial charge in [-0.1, -0.05) is 19.4 Å². The molecule has 0 aromatic carbocycles. The summed E-state index contributed by atoms with van der Waals surface area (Å²) < 4.78 is 11.0. The van der Waals surface area contributed by atoms with Crippen molar-refractivity contribution in [1.82, 2.24) is 10.2 Å². The van der Waals surface area contributed by atoms with Gasteiger partial charge >= 0.3 is 5.97 Å². The predicted octanol–water partition coefficient (Wildman–Crippen LogP) is 1.61. The number of nitrogens with two attached hydrogens (primary N) is 1. The van der Waals surface area contributed by atoms with Gasteiger partial charge in [-0.25, -0.2) is 4.79 Å². The Bertz CT molecular complexity index is 552. The van der Waals surface area contributed by atoms with Crippen LogP contribution in [0.25, 0.3) is 0 Å². The number of rotatable bonds is 9. The summed E-state index contributed by atoms with van der Waals surface area (Å²) in [4.78, 5) is 26.4. The van der Waals surface area contributed by atoms with Gasteiger partial charge in [-0.2, -0.15) is 0 Å². The number of hydrogen-bond donors (Lipinski definition) is 2. The van der Waals surface area contributed by atoms with Crippen LogP contribution >= 0.6 is 0 Å². The number of carbonyl (C=O) groups is 2. The Hall–Kier alpha value is -1.44. The lowest BCUT2D eigenvalue weighted by Gasteiger charge is -2.44. The van der Waals surface area contributed by atoms with Gasteiger partial charge in [0, 0.05) is 31.7 Å². The lowest BCUT2D eigenvalue weighted by Crippen LogP contribution is -2.62. The summed E-state index contributed by atoms with van der Waals surface area (Å²) in [7, 11) is 0. The first-order valence-electron chi connectivity index (χ1n) is 10.7. The third-order valence-corrected chi connectivity index (χ3v) is 5.53. The van der Waals surface area contributed by atoms with Crippen molar-refractivity contribution in [2.45, 2.75) is 71.0 Å². The molecule has 4 atom stereocenters. The molecule has 1 aliphatic heterocycles. The first-order chi connectivity index (χ1) is 13.5. The number of ether oxygens (including phenoxy) is 2. The maximum atomic E-state index is 12.3. The van der Waals surface area contributed by atoms with Gasteiger partial charge in [-0.3, -0.25) is 9.69 Å². The maximum Gasteiger partial charge on any atom is 0.333 e. The van der Waals surface area contributed by atoms with E-state index in [0.717, 1.165) is 52.0 Å². The Kier molecular flexibility index (Phi) is 9.41. The molecular formula is C21H37N3O4. The van der Waals surface area contributed by atoms with E-state index >= 15 is 0 Å². The van der Waals surface area contributed by atoms with E-state index in [1.807, 2.05) is 6.08 Å². The van der Waals surface area contributed by atoms with Crippen LogP contribution in [0, 0.1) is 5.92 Å². The summed E-state index contributed by atoms with van der Waals surface area (Å²) in [5, 5.41) is 3.01. The van der Waals surface area contributed by atoms with E-state index in [1.165, 1.54) is 6.92 Å². The highest BCUT2D eigenvalue weighted by atomic mass is 16.5. The molecule has 7 heteroatoms. The fourth-order valence-electron chi connectivity index (χ4n) is 4.15. The molecule has 1 saturated heterocycles. The molecule has 0 spiro atoms. The van der Waals surface area contributed by atoms with Crippen LogP contribution in [0.3, 0.4) is 0 Å². The summed E-state index contributed by atoms with van der Waals surface area (Å²) >= 11 is 0. The molecule has 28 heavy (non-hydrogen) atoms. The zero-order valence-corrected chi connectivity index (χ0v) is 17.6. The van der Waals surface area contributed by atoms with Gasteiger partial charge in [0.2, 0.25) is 5.91 Å². The maximum absolute atomic E-state index is 12.3. The van der Waals surface area contributed by atoms with Crippen LogP contribution < -0.4 is 11.1 Å². The molecule has 0 aromatic heterocycles. The standard InChI is InChI=1S/C21H37N3O4/c1-4-6-10-27-14-16-8-7-9-24(13-16)19-12-17(21(26)28-5-2)11-18(22)20(19)23-15(3)25/h12,16,18-20H,4-11,13-14,22H2,1-3H3,(H,23,25)/t16-,18-,19+,20-/m0/s1. The highest BCUT2D eigenvalue weighted by Crippen LogP contribution is 2.27. The van der Waals surface area contributed by atoms with E-state index in [4.69, 9.17) is 15.2 Å². The van der Waals surface area contributed by atoms with E-state index in [-0.39, 0.29) is 30.0 Å². The van der Waals surface area contributed by atoms with Gasteiger partial charge in [-0.05, 0) is 45.1 Å². The van der Waals surface area contributed by atoms with Crippen molar-refractivity contribution >= 4 is 11.9 Å². The van der Waals surface area contributed by atoms with Crippen molar-refractivity contribution < 1.29 is 19.1 Å². The largest absolute Gasteiger partial charge is 0.463 e. The third-order valence-electron chi connectivity index (χ3n) is 5.53. The summed E-state index contributed by atoms with van der Waals surface area (Å²) in [5.41, 5.74) is 7.00. The normalized spacial score (nSPS) is 28.5. The molecule has 1 fully saturated rings. The van der Waals surface area contributed by atoms with Crippen molar-refractivity contribution in [1.29, 1.82) is 0 Å². The zero-order valence-electron chi connectivity index (χ0n) is 17.6. The molecule has 0 unspecified atom stereocenters. The minimum atomic E-state index is -0.320. The first-order valence-corrected chi connectivity index (χ1v) is 10.7. The Morgan fingerprint density at radius 2 is 2.14 bits per heavy atom. The monoisotopic (exact) mass is 395 g/mol. The van der Waals surface area contributed by atoms with Gasteiger partial charge in [0.05, 0.1) is 25.3 Å². The number of nitrogens with one attached hydrogen (secondary N) is 1. The highest BCUT2D eigenvalue weighted by Gasteiger charge is 2.38. The number of unbranched alkanes of at least 4 members (excludes halogenated alkanes) is 1. The van der Waals surface area contributed by atoms with Crippen molar-refractivity contribution in [3.05, 3.63) is 11.6 Å². The van der Waals surface area contributed by atoms with Gasteiger partial charge in [0.25, 0.3) is 0 Å². The second-order valence-corrected chi connectivity index (χ2v) is 7.93. The van der Waals surface area contributed by atoms with Gasteiger partial charge in [-0.15, -0.1) is 0 Å².